The Hall–Kier alpha value is -1.85. The fourth-order valence-electron chi connectivity index (χ4n) is 2.36. The molecule has 6 heteroatoms. The Bertz CT molecular complexity index is 721. The van der Waals surface area contributed by atoms with Crippen molar-refractivity contribution in [2.75, 3.05) is 14.2 Å². The molecule has 134 valence electrons. The zero-order valence-corrected chi connectivity index (χ0v) is 16.3. The van der Waals surface area contributed by atoms with Crippen LogP contribution in [0.4, 0.5) is 0 Å². The molecule has 0 heterocycles. The highest BCUT2D eigenvalue weighted by Gasteiger charge is 2.20. The summed E-state index contributed by atoms with van der Waals surface area (Å²) in [7, 11) is 3.22. The molecule has 25 heavy (non-hydrogen) atoms. The van der Waals surface area contributed by atoms with Crippen LogP contribution in [0.15, 0.2) is 47.4 Å². The van der Waals surface area contributed by atoms with Gasteiger partial charge in [0.25, 0.3) is 0 Å². The topological polar surface area (TPSA) is 47.6 Å². The fourth-order valence-corrected chi connectivity index (χ4v) is 3.36. The van der Waals surface area contributed by atoms with Crippen molar-refractivity contribution in [2.45, 2.75) is 30.0 Å². The lowest BCUT2D eigenvalue weighted by molar-refractivity contribution is -0.120. The van der Waals surface area contributed by atoms with Crippen LogP contribution in [0.25, 0.3) is 0 Å². The van der Waals surface area contributed by atoms with Crippen LogP contribution in [-0.4, -0.2) is 25.4 Å². The number of halogens is 1. The van der Waals surface area contributed by atoms with Crippen LogP contribution in [0.5, 0.6) is 11.5 Å². The van der Waals surface area contributed by atoms with Gasteiger partial charge in [0.05, 0.1) is 25.5 Å². The number of rotatable bonds is 7. The minimum atomic E-state index is -0.236. The van der Waals surface area contributed by atoms with Gasteiger partial charge < -0.3 is 14.8 Å². The summed E-state index contributed by atoms with van der Waals surface area (Å²) in [6, 6.07) is 12.8. The maximum absolute atomic E-state index is 12.5. The van der Waals surface area contributed by atoms with Gasteiger partial charge in [-0.05, 0) is 56.3 Å². The standard InChI is InChI=1S/C19H22ClNO3S/c1-12(17-11-15(23-3)7-10-18(17)24-4)21-19(22)13(2)25-16-8-5-14(20)6-9-16/h5-13H,1-4H3,(H,21,22)/t12-,13-/m1/s1. The third-order valence-electron chi connectivity index (χ3n) is 3.76. The van der Waals surface area contributed by atoms with Crippen molar-refractivity contribution in [1.82, 2.24) is 5.32 Å². The number of hydrogen-bond donors (Lipinski definition) is 1. The van der Waals surface area contributed by atoms with E-state index in [2.05, 4.69) is 5.32 Å². The third kappa shape index (κ3) is 5.31. The van der Waals surface area contributed by atoms with Gasteiger partial charge in [0.2, 0.25) is 5.91 Å². The summed E-state index contributed by atoms with van der Waals surface area (Å²) in [5.41, 5.74) is 0.874. The summed E-state index contributed by atoms with van der Waals surface area (Å²) in [4.78, 5) is 13.5. The Kier molecular flexibility index (Phi) is 7.02. The molecule has 0 saturated carbocycles. The largest absolute Gasteiger partial charge is 0.497 e. The van der Waals surface area contributed by atoms with Crippen molar-refractivity contribution in [3.8, 4) is 11.5 Å². The molecule has 0 saturated heterocycles. The number of nitrogens with one attached hydrogen (secondary N) is 1. The molecule has 0 aliphatic carbocycles. The molecule has 2 rings (SSSR count). The predicted octanol–water partition coefficient (Wildman–Crippen LogP) is 4.72. The van der Waals surface area contributed by atoms with Crippen molar-refractivity contribution in [3.05, 3.63) is 53.1 Å². The highest BCUT2D eigenvalue weighted by Crippen LogP contribution is 2.30. The molecule has 0 unspecified atom stereocenters. The molecular formula is C19H22ClNO3S. The molecule has 2 aromatic carbocycles. The van der Waals surface area contributed by atoms with Gasteiger partial charge in [-0.15, -0.1) is 11.8 Å². The molecule has 1 amide bonds. The van der Waals surface area contributed by atoms with Crippen molar-refractivity contribution in [3.63, 3.8) is 0 Å². The Morgan fingerprint density at radius 2 is 1.76 bits per heavy atom. The highest BCUT2D eigenvalue weighted by atomic mass is 35.5. The number of ether oxygens (including phenoxy) is 2. The first-order chi connectivity index (χ1) is 11.9. The number of thioether (sulfide) groups is 1. The molecule has 0 radical (unpaired) electrons. The third-order valence-corrected chi connectivity index (χ3v) is 5.12. The summed E-state index contributed by atoms with van der Waals surface area (Å²) in [5, 5.41) is 3.48. The summed E-state index contributed by atoms with van der Waals surface area (Å²) in [6.07, 6.45) is 0. The average molecular weight is 380 g/mol. The molecule has 2 atom stereocenters. The van der Waals surface area contributed by atoms with Crippen LogP contribution in [0.1, 0.15) is 25.5 Å². The van der Waals surface area contributed by atoms with E-state index in [4.69, 9.17) is 21.1 Å². The van der Waals surface area contributed by atoms with E-state index in [-0.39, 0.29) is 17.2 Å². The Morgan fingerprint density at radius 1 is 1.08 bits per heavy atom. The van der Waals surface area contributed by atoms with Gasteiger partial charge >= 0.3 is 0 Å². The number of amides is 1. The van der Waals surface area contributed by atoms with E-state index in [1.807, 2.05) is 56.3 Å². The summed E-state index contributed by atoms with van der Waals surface area (Å²) in [6.45, 7) is 3.80. The van der Waals surface area contributed by atoms with E-state index < -0.39 is 0 Å². The molecule has 0 aromatic heterocycles. The lowest BCUT2D eigenvalue weighted by atomic mass is 10.1. The second-order valence-electron chi connectivity index (χ2n) is 5.55. The molecule has 2 aromatic rings. The van der Waals surface area contributed by atoms with Crippen molar-refractivity contribution < 1.29 is 14.3 Å². The van der Waals surface area contributed by atoms with Crippen molar-refractivity contribution in [1.29, 1.82) is 0 Å². The van der Waals surface area contributed by atoms with E-state index in [1.165, 1.54) is 11.8 Å². The number of benzene rings is 2. The van der Waals surface area contributed by atoms with Gasteiger partial charge in [0.1, 0.15) is 11.5 Å². The zero-order valence-electron chi connectivity index (χ0n) is 14.7. The van der Waals surface area contributed by atoms with Crippen LogP contribution in [0.3, 0.4) is 0 Å². The lowest BCUT2D eigenvalue weighted by Gasteiger charge is -2.20. The first-order valence-electron chi connectivity index (χ1n) is 7.89. The van der Waals surface area contributed by atoms with Crippen LogP contribution in [0, 0.1) is 0 Å². The van der Waals surface area contributed by atoms with Gasteiger partial charge in [-0.3, -0.25) is 4.79 Å². The maximum atomic E-state index is 12.5. The van der Waals surface area contributed by atoms with Gasteiger partial charge in [-0.25, -0.2) is 0 Å². The van der Waals surface area contributed by atoms with Crippen LogP contribution >= 0.6 is 23.4 Å². The summed E-state index contributed by atoms with van der Waals surface area (Å²) >= 11 is 7.38. The van der Waals surface area contributed by atoms with E-state index in [0.29, 0.717) is 10.8 Å². The number of carbonyl (C=O) groups is 1. The van der Waals surface area contributed by atoms with Crippen LogP contribution in [-0.2, 0) is 4.79 Å². The SMILES string of the molecule is COc1ccc(OC)c([C@@H](C)NC(=O)[C@@H](C)Sc2ccc(Cl)cc2)c1. The molecule has 0 fully saturated rings. The van der Waals surface area contributed by atoms with Gasteiger partial charge in [-0.1, -0.05) is 11.6 Å². The molecule has 0 bridgehead atoms. The number of carbonyl (C=O) groups excluding carboxylic acids is 1. The fraction of sp³-hybridized carbons (Fsp3) is 0.316. The average Bonchev–Trinajstić information content (AvgIpc) is 2.62. The quantitative estimate of drug-likeness (QED) is 0.707. The molecule has 0 aliphatic heterocycles. The highest BCUT2D eigenvalue weighted by molar-refractivity contribution is 8.00. The minimum Gasteiger partial charge on any atom is -0.497 e. The number of methoxy groups -OCH3 is 2. The van der Waals surface area contributed by atoms with Gasteiger partial charge in [0.15, 0.2) is 0 Å². The molecule has 0 aliphatic rings. The van der Waals surface area contributed by atoms with Crippen molar-refractivity contribution in [2.24, 2.45) is 0 Å². The molecule has 1 N–H and O–H groups in total. The van der Waals surface area contributed by atoms with E-state index in [1.54, 1.807) is 14.2 Å². The van der Waals surface area contributed by atoms with Crippen molar-refractivity contribution >= 4 is 29.3 Å². The number of hydrogen-bond acceptors (Lipinski definition) is 4. The Labute approximate surface area is 157 Å². The van der Waals surface area contributed by atoms with Crippen LogP contribution in [0.2, 0.25) is 5.02 Å². The summed E-state index contributed by atoms with van der Waals surface area (Å²) < 4.78 is 10.7. The smallest absolute Gasteiger partial charge is 0.233 e. The van der Waals surface area contributed by atoms with Gasteiger partial charge in [0, 0.05) is 15.5 Å². The Morgan fingerprint density at radius 3 is 2.36 bits per heavy atom. The van der Waals surface area contributed by atoms with Gasteiger partial charge in [-0.2, -0.15) is 0 Å². The Balaban J connectivity index is 2.05. The monoisotopic (exact) mass is 379 g/mol. The van der Waals surface area contributed by atoms with Crippen LogP contribution < -0.4 is 14.8 Å². The summed E-state index contributed by atoms with van der Waals surface area (Å²) in [5.74, 6) is 1.39. The second-order valence-corrected chi connectivity index (χ2v) is 7.40. The first kappa shape index (κ1) is 19.5. The first-order valence-corrected chi connectivity index (χ1v) is 9.15. The molecular weight excluding hydrogens is 358 g/mol. The molecule has 4 nitrogen and oxygen atoms in total. The maximum Gasteiger partial charge on any atom is 0.233 e. The predicted molar refractivity (Wildman–Crippen MR) is 103 cm³/mol. The minimum absolute atomic E-state index is 0.0441. The second kappa shape index (κ2) is 9.02. The zero-order chi connectivity index (χ0) is 18.4. The molecule has 0 spiro atoms. The van der Waals surface area contributed by atoms with E-state index in [9.17, 15) is 4.79 Å². The van der Waals surface area contributed by atoms with E-state index in [0.717, 1.165) is 16.2 Å². The van der Waals surface area contributed by atoms with E-state index >= 15 is 0 Å². The normalized spacial score (nSPS) is 13.0. The lowest BCUT2D eigenvalue weighted by Crippen LogP contribution is -2.33.